The van der Waals surface area contributed by atoms with Crippen LogP contribution in [0.2, 0.25) is 10.0 Å². The molecule has 3 aromatic rings. The molecule has 4 nitrogen and oxygen atoms in total. The van der Waals surface area contributed by atoms with Crippen LogP contribution >= 0.6 is 23.2 Å². The van der Waals surface area contributed by atoms with Crippen molar-refractivity contribution >= 4 is 34.9 Å². The zero-order valence-corrected chi connectivity index (χ0v) is 15.8. The van der Waals surface area contributed by atoms with Gasteiger partial charge in [-0.3, -0.25) is 0 Å². The Morgan fingerprint density at radius 1 is 0.926 bits per heavy atom. The van der Waals surface area contributed by atoms with Crippen molar-refractivity contribution in [2.24, 2.45) is 0 Å². The first-order valence-corrected chi connectivity index (χ1v) is 9.00. The highest BCUT2D eigenvalue weighted by molar-refractivity contribution is 6.35. The molecule has 0 atom stereocenters. The number of carboxylic acids is 1. The van der Waals surface area contributed by atoms with Crippen LogP contribution in [0.3, 0.4) is 0 Å². The maximum absolute atomic E-state index is 10.9. The van der Waals surface area contributed by atoms with Crippen molar-refractivity contribution in [3.8, 4) is 5.75 Å². The summed E-state index contributed by atoms with van der Waals surface area (Å²) < 4.78 is 5.76. The smallest absolute Gasteiger partial charge is 0.335 e. The summed E-state index contributed by atoms with van der Waals surface area (Å²) in [4.78, 5) is 10.9. The molecule has 0 fully saturated rings. The van der Waals surface area contributed by atoms with Crippen molar-refractivity contribution < 1.29 is 14.6 Å². The summed E-state index contributed by atoms with van der Waals surface area (Å²) >= 11 is 12.3. The second-order valence-electron chi connectivity index (χ2n) is 5.87. The number of anilines is 1. The van der Waals surface area contributed by atoms with Gasteiger partial charge in [0.1, 0.15) is 12.4 Å². The van der Waals surface area contributed by atoms with Crippen LogP contribution < -0.4 is 10.1 Å². The summed E-state index contributed by atoms with van der Waals surface area (Å²) in [6.45, 7) is 0.912. The Morgan fingerprint density at radius 3 is 2.15 bits per heavy atom. The lowest BCUT2D eigenvalue weighted by Gasteiger charge is -2.11. The van der Waals surface area contributed by atoms with E-state index in [1.54, 1.807) is 42.5 Å². The number of ether oxygens (including phenoxy) is 1. The minimum atomic E-state index is -0.935. The molecule has 6 heteroatoms. The van der Waals surface area contributed by atoms with Crippen LogP contribution in [-0.2, 0) is 13.2 Å². The summed E-state index contributed by atoms with van der Waals surface area (Å²) in [6.07, 6.45) is 0. The van der Waals surface area contributed by atoms with Crippen LogP contribution in [0.1, 0.15) is 21.5 Å². The van der Waals surface area contributed by atoms with Gasteiger partial charge < -0.3 is 15.2 Å². The second kappa shape index (κ2) is 8.80. The minimum Gasteiger partial charge on any atom is -0.489 e. The van der Waals surface area contributed by atoms with Gasteiger partial charge in [0.05, 0.1) is 5.56 Å². The van der Waals surface area contributed by atoms with E-state index < -0.39 is 5.97 Å². The lowest BCUT2D eigenvalue weighted by Crippen LogP contribution is -2.01. The van der Waals surface area contributed by atoms with Gasteiger partial charge in [-0.25, -0.2) is 4.79 Å². The van der Waals surface area contributed by atoms with E-state index in [2.05, 4.69) is 5.32 Å². The molecule has 0 saturated heterocycles. The molecule has 0 spiro atoms. The highest BCUT2D eigenvalue weighted by Crippen LogP contribution is 2.26. The van der Waals surface area contributed by atoms with Gasteiger partial charge in [-0.2, -0.15) is 0 Å². The minimum absolute atomic E-state index is 0.265. The molecule has 0 heterocycles. The molecule has 0 aliphatic carbocycles. The van der Waals surface area contributed by atoms with Gasteiger partial charge in [0, 0.05) is 27.8 Å². The lowest BCUT2D eigenvalue weighted by atomic mass is 10.2. The zero-order valence-electron chi connectivity index (χ0n) is 14.3. The molecular weight excluding hydrogens is 385 g/mol. The van der Waals surface area contributed by atoms with Gasteiger partial charge >= 0.3 is 5.97 Å². The molecule has 0 aromatic heterocycles. The van der Waals surface area contributed by atoms with Crippen LogP contribution in [0.4, 0.5) is 5.69 Å². The fraction of sp³-hybridized carbons (Fsp3) is 0.0952. The number of rotatable bonds is 7. The molecule has 0 radical (unpaired) electrons. The summed E-state index contributed by atoms with van der Waals surface area (Å²) in [5, 5.41) is 13.3. The Kier molecular flexibility index (Phi) is 6.22. The Bertz CT molecular complexity index is 905. The first-order valence-electron chi connectivity index (χ1n) is 8.25. The van der Waals surface area contributed by atoms with Crippen molar-refractivity contribution in [1.29, 1.82) is 0 Å². The SMILES string of the molecule is O=C(O)c1ccc(NCc2ccc(OCc3c(Cl)cccc3Cl)cc2)cc1. The number of nitrogens with one attached hydrogen (secondary N) is 1. The molecule has 0 aliphatic heterocycles. The molecule has 27 heavy (non-hydrogen) atoms. The predicted octanol–water partition coefficient (Wildman–Crippen LogP) is 5.88. The molecule has 138 valence electrons. The Balaban J connectivity index is 1.55. The first-order chi connectivity index (χ1) is 13.0. The third-order valence-electron chi connectivity index (χ3n) is 4.00. The fourth-order valence-corrected chi connectivity index (χ4v) is 2.97. The van der Waals surface area contributed by atoms with Crippen molar-refractivity contribution in [2.75, 3.05) is 5.32 Å². The molecule has 3 aromatic carbocycles. The van der Waals surface area contributed by atoms with E-state index in [9.17, 15) is 4.79 Å². The highest BCUT2D eigenvalue weighted by atomic mass is 35.5. The van der Waals surface area contributed by atoms with Crippen molar-refractivity contribution in [2.45, 2.75) is 13.2 Å². The predicted molar refractivity (Wildman–Crippen MR) is 108 cm³/mol. The number of carbonyl (C=O) groups is 1. The molecule has 0 aliphatic rings. The van der Waals surface area contributed by atoms with E-state index in [0.29, 0.717) is 23.2 Å². The van der Waals surface area contributed by atoms with Gasteiger partial charge in [-0.1, -0.05) is 41.4 Å². The summed E-state index contributed by atoms with van der Waals surface area (Å²) in [5.41, 5.74) is 2.95. The van der Waals surface area contributed by atoms with E-state index in [4.69, 9.17) is 33.0 Å². The van der Waals surface area contributed by atoms with Crippen molar-refractivity contribution in [1.82, 2.24) is 0 Å². The first kappa shape index (κ1) is 19.1. The molecule has 0 bridgehead atoms. The molecule has 3 rings (SSSR count). The fourth-order valence-electron chi connectivity index (χ4n) is 2.46. The summed E-state index contributed by atoms with van der Waals surface area (Å²) in [5.74, 6) is -0.212. The standard InChI is InChI=1S/C21H17Cl2NO3/c22-19-2-1-3-20(23)18(19)13-27-17-10-4-14(5-11-17)12-24-16-8-6-15(7-9-16)21(25)26/h1-11,24H,12-13H2,(H,25,26). The monoisotopic (exact) mass is 401 g/mol. The molecular formula is C21H17Cl2NO3. The Morgan fingerprint density at radius 2 is 1.56 bits per heavy atom. The molecule has 0 amide bonds. The van der Waals surface area contributed by atoms with E-state index >= 15 is 0 Å². The molecule has 0 saturated carbocycles. The largest absolute Gasteiger partial charge is 0.489 e. The average molecular weight is 402 g/mol. The zero-order chi connectivity index (χ0) is 19.2. The number of benzene rings is 3. The number of hydrogen-bond acceptors (Lipinski definition) is 3. The van der Waals surface area contributed by atoms with Crippen LogP contribution in [0.15, 0.2) is 66.7 Å². The number of aromatic carboxylic acids is 1. The van der Waals surface area contributed by atoms with Crippen molar-refractivity contribution in [3.63, 3.8) is 0 Å². The summed E-state index contributed by atoms with van der Waals surface area (Å²) in [6, 6.07) is 19.7. The van der Waals surface area contributed by atoms with E-state index in [1.165, 1.54) is 0 Å². The van der Waals surface area contributed by atoms with Crippen LogP contribution in [0.5, 0.6) is 5.75 Å². The van der Waals surface area contributed by atoms with Crippen LogP contribution in [0, 0.1) is 0 Å². The maximum atomic E-state index is 10.9. The quantitative estimate of drug-likeness (QED) is 0.518. The number of halogens is 2. The van der Waals surface area contributed by atoms with Gasteiger partial charge in [-0.05, 0) is 54.1 Å². The number of carboxylic acid groups (broad SMARTS) is 1. The average Bonchev–Trinajstić information content (AvgIpc) is 2.67. The molecule has 2 N–H and O–H groups in total. The Labute approximate surface area is 167 Å². The lowest BCUT2D eigenvalue weighted by molar-refractivity contribution is 0.0697. The van der Waals surface area contributed by atoms with Gasteiger partial charge in [0.25, 0.3) is 0 Å². The maximum Gasteiger partial charge on any atom is 0.335 e. The van der Waals surface area contributed by atoms with E-state index in [-0.39, 0.29) is 5.56 Å². The topological polar surface area (TPSA) is 58.6 Å². The highest BCUT2D eigenvalue weighted by Gasteiger charge is 2.06. The van der Waals surface area contributed by atoms with Crippen LogP contribution in [0.25, 0.3) is 0 Å². The van der Waals surface area contributed by atoms with Gasteiger partial charge in [0.15, 0.2) is 0 Å². The second-order valence-corrected chi connectivity index (χ2v) is 6.68. The molecule has 0 unspecified atom stereocenters. The number of hydrogen-bond donors (Lipinski definition) is 2. The van der Waals surface area contributed by atoms with Crippen molar-refractivity contribution in [3.05, 3.63) is 93.5 Å². The van der Waals surface area contributed by atoms with Gasteiger partial charge in [0.2, 0.25) is 0 Å². The normalized spacial score (nSPS) is 10.4. The Hall–Kier alpha value is -2.69. The van der Waals surface area contributed by atoms with Gasteiger partial charge in [-0.15, -0.1) is 0 Å². The third kappa shape index (κ3) is 5.16. The van der Waals surface area contributed by atoms with Crippen LogP contribution in [-0.4, -0.2) is 11.1 Å². The third-order valence-corrected chi connectivity index (χ3v) is 4.70. The summed E-state index contributed by atoms with van der Waals surface area (Å²) in [7, 11) is 0. The van der Waals surface area contributed by atoms with E-state index in [0.717, 1.165) is 22.6 Å². The van der Waals surface area contributed by atoms with E-state index in [1.807, 2.05) is 24.3 Å².